The molecule has 0 aromatic heterocycles. The second kappa shape index (κ2) is 17.2. The van der Waals surface area contributed by atoms with E-state index in [1.54, 1.807) is 41.5 Å². The Morgan fingerprint density at radius 1 is 0.744 bits per heavy atom. The number of hydrogen-bond acceptors (Lipinski definition) is 8. The van der Waals surface area contributed by atoms with Gasteiger partial charge in [0.1, 0.15) is 17.7 Å². The van der Waals surface area contributed by atoms with Crippen LogP contribution < -0.4 is 16.0 Å². The van der Waals surface area contributed by atoms with Gasteiger partial charge in [-0.1, -0.05) is 74.5 Å². The third kappa shape index (κ3) is 12.8. The van der Waals surface area contributed by atoms with Crippen molar-refractivity contribution >= 4 is 23.9 Å². The van der Waals surface area contributed by atoms with Crippen LogP contribution in [-0.2, 0) is 46.5 Å². The van der Waals surface area contributed by atoms with Crippen molar-refractivity contribution < 1.29 is 38.1 Å². The number of nitrogens with one attached hydrogen (secondary N) is 3. The molecule has 0 aliphatic carbocycles. The molecule has 2 aromatic carbocycles. The Kier molecular flexibility index (Phi) is 14.1. The molecule has 0 bridgehead atoms. The molecule has 0 saturated heterocycles. The highest BCUT2D eigenvalue weighted by atomic mass is 16.6. The second-order valence-corrected chi connectivity index (χ2v) is 11.4. The van der Waals surface area contributed by atoms with E-state index in [4.69, 9.17) is 18.9 Å². The molecule has 3 N–H and O–H groups in total. The first-order valence-electron chi connectivity index (χ1n) is 14.3. The van der Waals surface area contributed by atoms with Gasteiger partial charge in [0.25, 0.3) is 0 Å². The molecule has 2 aromatic rings. The first-order chi connectivity index (χ1) is 20.3. The van der Waals surface area contributed by atoms with Gasteiger partial charge in [-0.3, -0.25) is 9.59 Å². The number of methoxy groups -OCH3 is 1. The maximum atomic E-state index is 13.6. The van der Waals surface area contributed by atoms with Crippen LogP contribution in [0.5, 0.6) is 0 Å². The largest absolute Gasteiger partial charge is 0.467 e. The number of amides is 3. The van der Waals surface area contributed by atoms with Gasteiger partial charge >= 0.3 is 12.1 Å². The van der Waals surface area contributed by atoms with E-state index < -0.39 is 53.7 Å². The molecule has 11 nitrogen and oxygen atoms in total. The summed E-state index contributed by atoms with van der Waals surface area (Å²) in [5, 5.41) is 7.93. The molecule has 236 valence electrons. The van der Waals surface area contributed by atoms with Crippen LogP contribution in [0.25, 0.3) is 0 Å². The van der Waals surface area contributed by atoms with Crippen molar-refractivity contribution in [3.05, 3.63) is 71.8 Å². The van der Waals surface area contributed by atoms with E-state index in [1.807, 2.05) is 60.7 Å². The van der Waals surface area contributed by atoms with E-state index in [1.165, 1.54) is 7.11 Å². The zero-order valence-corrected chi connectivity index (χ0v) is 26.0. The summed E-state index contributed by atoms with van der Waals surface area (Å²) in [4.78, 5) is 52.1. The average molecular weight is 600 g/mol. The predicted octanol–water partition coefficient (Wildman–Crippen LogP) is 3.50. The van der Waals surface area contributed by atoms with Crippen molar-refractivity contribution in [1.82, 2.24) is 16.0 Å². The number of carbonyl (C=O) groups excluding carboxylic acids is 4. The summed E-state index contributed by atoms with van der Waals surface area (Å²) < 4.78 is 21.9. The van der Waals surface area contributed by atoms with Gasteiger partial charge in [-0.15, -0.1) is 0 Å². The number of esters is 1. The molecule has 2 rings (SSSR count). The van der Waals surface area contributed by atoms with Crippen molar-refractivity contribution in [3.8, 4) is 0 Å². The lowest BCUT2D eigenvalue weighted by Crippen LogP contribution is -2.60. The lowest BCUT2D eigenvalue weighted by atomic mass is 10.0. The molecule has 43 heavy (non-hydrogen) atoms. The minimum Gasteiger partial charge on any atom is -0.467 e. The van der Waals surface area contributed by atoms with Gasteiger partial charge in [0.2, 0.25) is 11.8 Å². The first kappa shape index (κ1) is 35.2. The molecule has 11 heteroatoms. The zero-order chi connectivity index (χ0) is 32.0. The zero-order valence-electron chi connectivity index (χ0n) is 26.0. The van der Waals surface area contributed by atoms with Gasteiger partial charge in [-0.2, -0.15) is 0 Å². The Balaban J connectivity index is 2.21. The fourth-order valence-corrected chi connectivity index (χ4v) is 3.95. The highest BCUT2D eigenvalue weighted by molar-refractivity contribution is 5.93. The van der Waals surface area contributed by atoms with Gasteiger partial charge in [0.05, 0.1) is 33.0 Å². The molecule has 4 atom stereocenters. The first-order valence-corrected chi connectivity index (χ1v) is 14.3. The number of hydrogen-bond donors (Lipinski definition) is 3. The van der Waals surface area contributed by atoms with Crippen LogP contribution in [0.15, 0.2) is 60.7 Å². The van der Waals surface area contributed by atoms with Gasteiger partial charge in [-0.25, -0.2) is 9.59 Å². The summed E-state index contributed by atoms with van der Waals surface area (Å²) in [6.45, 7) is 10.5. The number of rotatable bonds is 15. The Labute approximate surface area is 254 Å². The molecule has 0 spiro atoms. The van der Waals surface area contributed by atoms with Crippen LogP contribution in [0.3, 0.4) is 0 Å². The quantitative estimate of drug-likeness (QED) is 0.264. The van der Waals surface area contributed by atoms with Crippen molar-refractivity contribution in [1.29, 1.82) is 0 Å². The summed E-state index contributed by atoms with van der Waals surface area (Å²) in [5.74, 6) is -2.36. The predicted molar refractivity (Wildman–Crippen MR) is 161 cm³/mol. The van der Waals surface area contributed by atoms with E-state index in [0.29, 0.717) is 0 Å². The standard InChI is InChI=1S/C32H45N3O8/c1-21(2)26(35-31(39)43-32(4,5)6)28(36)34-27(22(3)42-19-24-16-12-9-13-17-24)29(37)33-25(30(38)40-7)20-41-18-23-14-10-8-11-15-23/h8-17,21-22,25-27H,18-20H2,1-7H3,(H,33,37)(H,34,36)(H,35,39)/t22?,25-,26-,27-/m0/s1. The van der Waals surface area contributed by atoms with Crippen LogP contribution in [0, 0.1) is 5.92 Å². The molecule has 0 saturated carbocycles. The molecule has 0 radical (unpaired) electrons. The number of benzene rings is 2. The molecule has 0 aliphatic heterocycles. The van der Waals surface area contributed by atoms with Crippen LogP contribution in [-0.4, -0.2) is 67.4 Å². The van der Waals surface area contributed by atoms with E-state index in [-0.39, 0.29) is 25.7 Å². The van der Waals surface area contributed by atoms with E-state index in [0.717, 1.165) is 11.1 Å². The summed E-state index contributed by atoms with van der Waals surface area (Å²) in [7, 11) is 1.21. The lowest BCUT2D eigenvalue weighted by molar-refractivity contribution is -0.148. The Morgan fingerprint density at radius 3 is 1.79 bits per heavy atom. The molecule has 0 fully saturated rings. The Morgan fingerprint density at radius 2 is 1.28 bits per heavy atom. The van der Waals surface area contributed by atoms with Crippen LogP contribution in [0.1, 0.15) is 52.7 Å². The van der Waals surface area contributed by atoms with Gasteiger partial charge in [0, 0.05) is 0 Å². The fourth-order valence-electron chi connectivity index (χ4n) is 3.95. The SMILES string of the molecule is COC(=O)[C@H](COCc1ccccc1)NC(=O)[C@@H](NC(=O)[C@@H](NC(=O)OC(C)(C)C)C(C)C)C(C)OCc1ccccc1. The summed E-state index contributed by atoms with van der Waals surface area (Å²) in [6, 6.07) is 15.3. The highest BCUT2D eigenvalue weighted by Crippen LogP contribution is 2.12. The lowest BCUT2D eigenvalue weighted by Gasteiger charge is -2.30. The molecule has 0 aliphatic rings. The number of alkyl carbamates (subject to hydrolysis) is 1. The van der Waals surface area contributed by atoms with Crippen molar-refractivity contribution in [2.24, 2.45) is 5.92 Å². The summed E-state index contributed by atoms with van der Waals surface area (Å²) in [6.07, 6.45) is -1.60. The summed E-state index contributed by atoms with van der Waals surface area (Å²) in [5.41, 5.74) is 0.992. The minimum atomic E-state index is -1.24. The van der Waals surface area contributed by atoms with Gasteiger partial charge < -0.3 is 34.9 Å². The van der Waals surface area contributed by atoms with Crippen molar-refractivity contribution in [2.75, 3.05) is 13.7 Å². The van der Waals surface area contributed by atoms with Crippen molar-refractivity contribution in [2.45, 2.75) is 84.6 Å². The molecule has 1 unspecified atom stereocenters. The maximum absolute atomic E-state index is 13.6. The molecule has 3 amide bonds. The molecular weight excluding hydrogens is 554 g/mol. The third-order valence-corrected chi connectivity index (χ3v) is 6.22. The van der Waals surface area contributed by atoms with E-state index >= 15 is 0 Å². The van der Waals surface area contributed by atoms with Crippen LogP contribution in [0.4, 0.5) is 4.79 Å². The van der Waals surface area contributed by atoms with Crippen LogP contribution in [0.2, 0.25) is 0 Å². The van der Waals surface area contributed by atoms with Crippen LogP contribution >= 0.6 is 0 Å². The van der Waals surface area contributed by atoms with Gasteiger partial charge in [-0.05, 0) is 44.7 Å². The topological polar surface area (TPSA) is 141 Å². The normalized spacial score (nSPS) is 14.1. The highest BCUT2D eigenvalue weighted by Gasteiger charge is 2.35. The Hall–Kier alpha value is -3.96. The minimum absolute atomic E-state index is 0.165. The van der Waals surface area contributed by atoms with Gasteiger partial charge in [0.15, 0.2) is 6.04 Å². The van der Waals surface area contributed by atoms with E-state index in [9.17, 15) is 19.2 Å². The third-order valence-electron chi connectivity index (χ3n) is 6.22. The second-order valence-electron chi connectivity index (χ2n) is 11.4. The average Bonchev–Trinajstić information content (AvgIpc) is 2.96. The fraction of sp³-hybridized carbons (Fsp3) is 0.500. The maximum Gasteiger partial charge on any atom is 0.408 e. The van der Waals surface area contributed by atoms with Crippen molar-refractivity contribution in [3.63, 3.8) is 0 Å². The molecule has 0 heterocycles. The smallest absolute Gasteiger partial charge is 0.408 e. The number of carbonyl (C=O) groups is 4. The molecular formula is C32H45N3O8. The monoisotopic (exact) mass is 599 g/mol. The van der Waals surface area contributed by atoms with E-state index in [2.05, 4.69) is 16.0 Å². The number of ether oxygens (including phenoxy) is 4. The Bertz CT molecular complexity index is 1170. The summed E-state index contributed by atoms with van der Waals surface area (Å²) >= 11 is 0.